The predicted octanol–water partition coefficient (Wildman–Crippen LogP) is 0.907. The normalized spacial score (nSPS) is 9.12. The molecule has 6 heteroatoms. The Morgan fingerprint density at radius 3 is 2.31 bits per heavy atom. The summed E-state index contributed by atoms with van der Waals surface area (Å²) in [5.74, 6) is -2.40. The first kappa shape index (κ1) is 14.2. The first-order chi connectivity index (χ1) is 7.47. The number of carbonyl (C=O) groups is 3. The van der Waals surface area contributed by atoms with Crippen molar-refractivity contribution in [3.63, 3.8) is 0 Å². The molecule has 6 nitrogen and oxygen atoms in total. The molecule has 0 aliphatic heterocycles. The van der Waals surface area contributed by atoms with Gasteiger partial charge in [-0.3, -0.25) is 4.79 Å². The molecule has 0 aromatic carbocycles. The highest BCUT2D eigenvalue weighted by Gasteiger charge is 2.13. The number of hydrogen-bond acceptors (Lipinski definition) is 6. The fourth-order valence-corrected chi connectivity index (χ4v) is 0.732. The topological polar surface area (TPSA) is 78.9 Å². The number of rotatable bonds is 5. The van der Waals surface area contributed by atoms with Crippen LogP contribution in [0.4, 0.5) is 0 Å². The van der Waals surface area contributed by atoms with Crippen molar-refractivity contribution in [2.24, 2.45) is 0 Å². The zero-order valence-corrected chi connectivity index (χ0v) is 9.28. The van der Waals surface area contributed by atoms with Gasteiger partial charge < -0.3 is 4.74 Å². The maximum absolute atomic E-state index is 11.1. The monoisotopic (exact) mass is 230 g/mol. The second-order valence-corrected chi connectivity index (χ2v) is 2.96. The molecule has 0 atom stereocenters. The van der Waals surface area contributed by atoms with E-state index in [9.17, 15) is 14.4 Å². The predicted molar refractivity (Wildman–Crippen MR) is 52.9 cm³/mol. The molecule has 0 aromatic heterocycles. The van der Waals surface area contributed by atoms with E-state index in [1.165, 1.54) is 0 Å². The molecule has 0 rings (SSSR count). The van der Waals surface area contributed by atoms with E-state index in [0.717, 1.165) is 13.3 Å². The molecule has 0 aliphatic rings. The van der Waals surface area contributed by atoms with E-state index in [-0.39, 0.29) is 5.57 Å². The quantitative estimate of drug-likeness (QED) is 0.302. The second kappa shape index (κ2) is 7.44. The summed E-state index contributed by atoms with van der Waals surface area (Å²) in [6.45, 7) is 5.86. The van der Waals surface area contributed by atoms with Crippen molar-refractivity contribution in [2.45, 2.75) is 26.7 Å². The fraction of sp³-hybridized carbons (Fsp3) is 0.500. The second-order valence-electron chi connectivity index (χ2n) is 2.96. The molecule has 0 bridgehead atoms. The molecule has 0 fully saturated rings. The van der Waals surface area contributed by atoms with Crippen LogP contribution in [0.3, 0.4) is 0 Å². The van der Waals surface area contributed by atoms with Crippen LogP contribution in [0.5, 0.6) is 0 Å². The molecule has 0 saturated carbocycles. The molecule has 90 valence electrons. The average molecular weight is 230 g/mol. The van der Waals surface area contributed by atoms with E-state index in [1.807, 2.05) is 6.92 Å². The molecular weight excluding hydrogens is 216 g/mol. The Balaban J connectivity index is 3.79. The van der Waals surface area contributed by atoms with Gasteiger partial charge in [0.15, 0.2) is 6.61 Å². The lowest BCUT2D eigenvalue weighted by Gasteiger charge is -2.04. The summed E-state index contributed by atoms with van der Waals surface area (Å²) in [4.78, 5) is 40.5. The Morgan fingerprint density at radius 2 is 1.81 bits per heavy atom. The standard InChI is InChI=1S/C10H14O6/c1-4-5-7(2)10(13)16-15-9(12)6-14-8(3)11/h2,4-6H2,1,3H3. The molecule has 0 spiro atoms. The Morgan fingerprint density at radius 1 is 1.19 bits per heavy atom. The van der Waals surface area contributed by atoms with E-state index in [2.05, 4.69) is 21.1 Å². The zero-order valence-electron chi connectivity index (χ0n) is 9.28. The average Bonchev–Trinajstić information content (AvgIpc) is 2.23. The molecule has 0 amide bonds. The smallest absolute Gasteiger partial charge is 0.392 e. The minimum Gasteiger partial charge on any atom is -0.454 e. The number of hydrogen-bond donors (Lipinski definition) is 0. The Labute approximate surface area is 93.1 Å². The highest BCUT2D eigenvalue weighted by Crippen LogP contribution is 2.04. The summed E-state index contributed by atoms with van der Waals surface area (Å²) < 4.78 is 4.32. The van der Waals surface area contributed by atoms with Crippen molar-refractivity contribution >= 4 is 17.9 Å². The lowest BCUT2D eigenvalue weighted by atomic mass is 10.2. The summed E-state index contributed by atoms with van der Waals surface area (Å²) in [6, 6.07) is 0. The highest BCUT2D eigenvalue weighted by molar-refractivity contribution is 5.87. The van der Waals surface area contributed by atoms with E-state index >= 15 is 0 Å². The molecule has 0 aromatic rings. The van der Waals surface area contributed by atoms with E-state index < -0.39 is 24.5 Å². The maximum Gasteiger partial charge on any atom is 0.392 e. The summed E-state index contributed by atoms with van der Waals surface area (Å²) in [7, 11) is 0. The van der Waals surface area contributed by atoms with Crippen LogP contribution in [-0.2, 0) is 28.9 Å². The minimum atomic E-state index is -0.965. The molecule has 0 aliphatic carbocycles. The first-order valence-electron chi connectivity index (χ1n) is 4.70. The van der Waals surface area contributed by atoms with E-state index in [4.69, 9.17) is 0 Å². The van der Waals surface area contributed by atoms with Crippen LogP contribution in [0.15, 0.2) is 12.2 Å². The fourth-order valence-electron chi connectivity index (χ4n) is 0.732. The van der Waals surface area contributed by atoms with Crippen LogP contribution < -0.4 is 0 Å². The highest BCUT2D eigenvalue weighted by atomic mass is 17.2. The van der Waals surface area contributed by atoms with Crippen molar-refractivity contribution in [1.29, 1.82) is 0 Å². The third kappa shape index (κ3) is 6.58. The molecular formula is C10H14O6. The van der Waals surface area contributed by atoms with Crippen LogP contribution in [0.25, 0.3) is 0 Å². The van der Waals surface area contributed by atoms with Gasteiger partial charge in [0.1, 0.15) is 0 Å². The van der Waals surface area contributed by atoms with Crippen molar-refractivity contribution in [3.05, 3.63) is 12.2 Å². The third-order valence-electron chi connectivity index (χ3n) is 1.44. The third-order valence-corrected chi connectivity index (χ3v) is 1.44. The van der Waals surface area contributed by atoms with Crippen LogP contribution in [0, 0.1) is 0 Å². The zero-order chi connectivity index (χ0) is 12.6. The van der Waals surface area contributed by atoms with Gasteiger partial charge >= 0.3 is 17.9 Å². The summed E-state index contributed by atoms with van der Waals surface area (Å²) in [6.07, 6.45) is 1.19. The van der Waals surface area contributed by atoms with Gasteiger partial charge in [-0.2, -0.15) is 0 Å². The van der Waals surface area contributed by atoms with Gasteiger partial charge in [0, 0.05) is 12.5 Å². The van der Waals surface area contributed by atoms with Crippen LogP contribution >= 0.6 is 0 Å². The van der Waals surface area contributed by atoms with Gasteiger partial charge in [0.05, 0.1) is 0 Å². The molecule has 16 heavy (non-hydrogen) atoms. The van der Waals surface area contributed by atoms with Crippen molar-refractivity contribution in [2.75, 3.05) is 6.61 Å². The Bertz CT molecular complexity index is 294. The van der Waals surface area contributed by atoms with Crippen LogP contribution in [0.2, 0.25) is 0 Å². The van der Waals surface area contributed by atoms with Crippen LogP contribution in [-0.4, -0.2) is 24.5 Å². The van der Waals surface area contributed by atoms with Gasteiger partial charge in [0.25, 0.3) is 0 Å². The van der Waals surface area contributed by atoms with E-state index in [1.54, 1.807) is 0 Å². The minimum absolute atomic E-state index is 0.211. The van der Waals surface area contributed by atoms with Crippen molar-refractivity contribution in [3.8, 4) is 0 Å². The Hall–Kier alpha value is -1.85. The summed E-state index contributed by atoms with van der Waals surface area (Å²) >= 11 is 0. The lowest BCUT2D eigenvalue weighted by molar-refractivity contribution is -0.258. The Kier molecular flexibility index (Phi) is 6.58. The van der Waals surface area contributed by atoms with Crippen molar-refractivity contribution < 1.29 is 28.9 Å². The van der Waals surface area contributed by atoms with Gasteiger partial charge in [-0.05, 0) is 6.42 Å². The molecule has 0 heterocycles. The maximum atomic E-state index is 11.1. The molecule has 0 unspecified atom stereocenters. The first-order valence-corrected chi connectivity index (χ1v) is 4.70. The van der Waals surface area contributed by atoms with Crippen molar-refractivity contribution in [1.82, 2.24) is 0 Å². The number of esters is 1. The largest absolute Gasteiger partial charge is 0.454 e. The summed E-state index contributed by atoms with van der Waals surface area (Å²) in [5, 5.41) is 0. The molecule has 0 N–H and O–H groups in total. The summed E-state index contributed by atoms with van der Waals surface area (Å²) in [5.41, 5.74) is 0.211. The number of carbonyl (C=O) groups excluding carboxylic acids is 3. The van der Waals surface area contributed by atoms with Crippen LogP contribution in [0.1, 0.15) is 26.7 Å². The molecule has 0 radical (unpaired) electrons. The van der Waals surface area contributed by atoms with E-state index in [0.29, 0.717) is 6.42 Å². The number of ether oxygens (including phenoxy) is 1. The van der Waals surface area contributed by atoms with Gasteiger partial charge in [-0.15, -0.1) is 0 Å². The molecule has 0 saturated heterocycles. The van der Waals surface area contributed by atoms with Gasteiger partial charge in [-0.25, -0.2) is 19.4 Å². The van der Waals surface area contributed by atoms with Gasteiger partial charge in [0.2, 0.25) is 0 Å². The van der Waals surface area contributed by atoms with Gasteiger partial charge in [-0.1, -0.05) is 19.9 Å². The SMILES string of the molecule is C=C(CCC)C(=O)OOC(=O)COC(C)=O. The lowest BCUT2D eigenvalue weighted by Crippen LogP contribution is -2.18.